The molecule has 0 aliphatic heterocycles. The molecule has 1 aromatic carbocycles. The molecule has 2 unspecified atom stereocenters. The van der Waals surface area contributed by atoms with Gasteiger partial charge in [-0.15, -0.1) is 0 Å². The van der Waals surface area contributed by atoms with Gasteiger partial charge in [-0.1, -0.05) is 24.6 Å². The molecule has 3 heteroatoms. The van der Waals surface area contributed by atoms with Crippen molar-refractivity contribution in [1.82, 2.24) is 4.90 Å². The smallest absolute Gasteiger partial charge is 0.123 e. The van der Waals surface area contributed by atoms with E-state index in [1.165, 1.54) is 5.56 Å². The molecule has 1 rings (SSSR count). The number of hydrogen-bond donors (Lipinski definition) is 1. The molecule has 0 aromatic heterocycles. The minimum atomic E-state index is 0.176. The largest absolute Gasteiger partial charge is 0.496 e. The van der Waals surface area contributed by atoms with Gasteiger partial charge in [0.25, 0.3) is 0 Å². The Morgan fingerprint density at radius 2 is 2.00 bits per heavy atom. The molecule has 0 fully saturated rings. The number of methoxy groups -OCH3 is 1. The van der Waals surface area contributed by atoms with Gasteiger partial charge in [0.05, 0.1) is 7.11 Å². The second kappa shape index (κ2) is 6.76. The SMILES string of the molecule is CCC(CO)C(c1cc(C)ccc1OC)N(C)C. The van der Waals surface area contributed by atoms with E-state index < -0.39 is 0 Å². The van der Waals surface area contributed by atoms with Crippen LogP contribution in [0.1, 0.15) is 30.5 Å². The van der Waals surface area contributed by atoms with E-state index in [0.29, 0.717) is 0 Å². The Morgan fingerprint density at radius 1 is 1.33 bits per heavy atom. The molecule has 0 amide bonds. The van der Waals surface area contributed by atoms with Gasteiger partial charge in [-0.05, 0) is 33.5 Å². The highest BCUT2D eigenvalue weighted by molar-refractivity contribution is 5.39. The highest BCUT2D eigenvalue weighted by Crippen LogP contribution is 2.35. The van der Waals surface area contributed by atoms with Crippen LogP contribution in [-0.2, 0) is 0 Å². The third-order valence-corrected chi connectivity index (χ3v) is 3.47. The number of ether oxygens (including phenoxy) is 1. The summed E-state index contributed by atoms with van der Waals surface area (Å²) >= 11 is 0. The van der Waals surface area contributed by atoms with Crippen molar-refractivity contribution in [3.8, 4) is 5.75 Å². The lowest BCUT2D eigenvalue weighted by atomic mass is 9.89. The molecule has 1 aromatic rings. The molecule has 0 aliphatic carbocycles. The summed E-state index contributed by atoms with van der Waals surface area (Å²) in [6, 6.07) is 6.39. The van der Waals surface area contributed by atoms with Crippen molar-refractivity contribution in [3.05, 3.63) is 29.3 Å². The molecule has 18 heavy (non-hydrogen) atoms. The van der Waals surface area contributed by atoms with Gasteiger partial charge >= 0.3 is 0 Å². The Labute approximate surface area is 110 Å². The Hall–Kier alpha value is -1.06. The Kier molecular flexibility index (Phi) is 5.63. The number of benzene rings is 1. The van der Waals surface area contributed by atoms with Crippen LogP contribution in [-0.4, -0.2) is 37.8 Å². The predicted octanol–water partition coefficient (Wildman–Crippen LogP) is 2.62. The zero-order valence-electron chi connectivity index (χ0n) is 12.1. The van der Waals surface area contributed by atoms with Crippen LogP contribution in [0.5, 0.6) is 5.75 Å². The lowest BCUT2D eigenvalue weighted by Gasteiger charge is -2.32. The van der Waals surface area contributed by atoms with Crippen molar-refractivity contribution in [2.75, 3.05) is 27.8 Å². The molecule has 3 nitrogen and oxygen atoms in total. The summed E-state index contributed by atoms with van der Waals surface area (Å²) in [6.45, 7) is 4.38. The second-order valence-electron chi connectivity index (χ2n) is 5.00. The van der Waals surface area contributed by atoms with Crippen LogP contribution in [0, 0.1) is 12.8 Å². The minimum Gasteiger partial charge on any atom is -0.496 e. The van der Waals surface area contributed by atoms with E-state index in [0.717, 1.165) is 17.7 Å². The van der Waals surface area contributed by atoms with Gasteiger partial charge in [-0.3, -0.25) is 0 Å². The first-order valence-electron chi connectivity index (χ1n) is 6.46. The van der Waals surface area contributed by atoms with E-state index in [9.17, 15) is 5.11 Å². The van der Waals surface area contributed by atoms with E-state index in [2.05, 4.69) is 30.9 Å². The van der Waals surface area contributed by atoms with E-state index in [1.807, 2.05) is 20.2 Å². The fourth-order valence-electron chi connectivity index (χ4n) is 2.49. The zero-order chi connectivity index (χ0) is 13.7. The van der Waals surface area contributed by atoms with Crippen LogP contribution in [0.2, 0.25) is 0 Å². The van der Waals surface area contributed by atoms with Gasteiger partial charge in [0, 0.05) is 24.1 Å². The topological polar surface area (TPSA) is 32.7 Å². The van der Waals surface area contributed by atoms with Crippen molar-refractivity contribution in [2.24, 2.45) is 5.92 Å². The van der Waals surface area contributed by atoms with Crippen LogP contribution in [0.25, 0.3) is 0 Å². The third kappa shape index (κ3) is 3.24. The van der Waals surface area contributed by atoms with E-state index in [-0.39, 0.29) is 18.6 Å². The molecular weight excluding hydrogens is 226 g/mol. The van der Waals surface area contributed by atoms with Crippen molar-refractivity contribution >= 4 is 0 Å². The summed E-state index contributed by atoms with van der Waals surface area (Å²) in [5.41, 5.74) is 2.37. The molecule has 2 atom stereocenters. The normalized spacial score (nSPS) is 14.6. The van der Waals surface area contributed by atoms with E-state index in [1.54, 1.807) is 7.11 Å². The third-order valence-electron chi connectivity index (χ3n) is 3.47. The van der Waals surface area contributed by atoms with Crippen LogP contribution >= 0.6 is 0 Å². The van der Waals surface area contributed by atoms with Gasteiger partial charge in [-0.2, -0.15) is 0 Å². The van der Waals surface area contributed by atoms with Crippen molar-refractivity contribution in [2.45, 2.75) is 26.3 Å². The highest BCUT2D eigenvalue weighted by Gasteiger charge is 2.26. The fraction of sp³-hybridized carbons (Fsp3) is 0.600. The molecule has 0 aliphatic rings. The fourth-order valence-corrected chi connectivity index (χ4v) is 2.49. The number of aliphatic hydroxyl groups excluding tert-OH is 1. The molecule has 0 saturated carbocycles. The summed E-state index contributed by atoms with van der Waals surface area (Å²) in [7, 11) is 5.79. The van der Waals surface area contributed by atoms with Gasteiger partial charge in [0.1, 0.15) is 5.75 Å². The molecule has 0 saturated heterocycles. The molecular formula is C15H25NO2. The zero-order valence-corrected chi connectivity index (χ0v) is 12.1. The maximum Gasteiger partial charge on any atom is 0.123 e. The Bertz CT molecular complexity index is 373. The van der Waals surface area contributed by atoms with Crippen molar-refractivity contribution in [1.29, 1.82) is 0 Å². The molecule has 0 bridgehead atoms. The average Bonchev–Trinajstić information content (AvgIpc) is 2.35. The monoisotopic (exact) mass is 251 g/mol. The standard InChI is InChI=1S/C15H25NO2/c1-6-12(10-17)15(16(3)4)13-9-11(2)7-8-14(13)18-5/h7-9,12,15,17H,6,10H2,1-5H3. The average molecular weight is 251 g/mol. The van der Waals surface area contributed by atoms with Crippen LogP contribution in [0.4, 0.5) is 0 Å². The molecule has 0 heterocycles. The maximum absolute atomic E-state index is 9.57. The Balaban J connectivity index is 3.23. The highest BCUT2D eigenvalue weighted by atomic mass is 16.5. The predicted molar refractivity (Wildman–Crippen MR) is 75.0 cm³/mol. The molecule has 0 spiro atoms. The van der Waals surface area contributed by atoms with Gasteiger partial charge in [0.2, 0.25) is 0 Å². The summed E-state index contributed by atoms with van der Waals surface area (Å²) in [5.74, 6) is 1.11. The molecule has 102 valence electrons. The number of nitrogens with zero attached hydrogens (tertiary/aromatic N) is 1. The second-order valence-corrected chi connectivity index (χ2v) is 5.00. The van der Waals surface area contributed by atoms with Crippen molar-refractivity contribution < 1.29 is 9.84 Å². The lowest BCUT2D eigenvalue weighted by Crippen LogP contribution is -2.29. The summed E-state index contributed by atoms with van der Waals surface area (Å²) in [5, 5.41) is 9.57. The number of rotatable bonds is 6. The summed E-state index contributed by atoms with van der Waals surface area (Å²) < 4.78 is 5.46. The first-order valence-corrected chi connectivity index (χ1v) is 6.46. The van der Waals surface area contributed by atoms with Gasteiger partial charge in [-0.25, -0.2) is 0 Å². The number of aryl methyl sites for hydroxylation is 1. The summed E-state index contributed by atoms with van der Waals surface area (Å²) in [4.78, 5) is 2.15. The molecule has 1 N–H and O–H groups in total. The van der Waals surface area contributed by atoms with Crippen LogP contribution in [0.3, 0.4) is 0 Å². The van der Waals surface area contributed by atoms with Gasteiger partial charge < -0.3 is 14.7 Å². The maximum atomic E-state index is 9.57. The first kappa shape index (κ1) is 15.0. The lowest BCUT2D eigenvalue weighted by molar-refractivity contribution is 0.128. The van der Waals surface area contributed by atoms with Crippen LogP contribution < -0.4 is 4.74 Å². The number of hydrogen-bond acceptors (Lipinski definition) is 3. The summed E-state index contributed by atoms with van der Waals surface area (Å²) in [6.07, 6.45) is 0.941. The number of aliphatic hydroxyl groups is 1. The minimum absolute atomic E-state index is 0.176. The van der Waals surface area contributed by atoms with E-state index in [4.69, 9.17) is 4.74 Å². The quantitative estimate of drug-likeness (QED) is 0.843. The van der Waals surface area contributed by atoms with Gasteiger partial charge in [0.15, 0.2) is 0 Å². The van der Waals surface area contributed by atoms with Crippen LogP contribution in [0.15, 0.2) is 18.2 Å². The Morgan fingerprint density at radius 3 is 2.44 bits per heavy atom. The first-order chi connectivity index (χ1) is 8.54. The van der Waals surface area contributed by atoms with Crippen molar-refractivity contribution in [3.63, 3.8) is 0 Å². The van der Waals surface area contributed by atoms with E-state index >= 15 is 0 Å². The molecule has 0 radical (unpaired) electrons.